The lowest BCUT2D eigenvalue weighted by atomic mass is 10.2. The van der Waals surface area contributed by atoms with Gasteiger partial charge in [0.15, 0.2) is 5.82 Å². The van der Waals surface area contributed by atoms with E-state index in [4.69, 9.17) is 4.74 Å². The third-order valence-corrected chi connectivity index (χ3v) is 2.06. The number of hydrogen-bond donors (Lipinski definition) is 1. The first-order chi connectivity index (χ1) is 7.31. The van der Waals surface area contributed by atoms with E-state index in [1.807, 2.05) is 19.9 Å². The second-order valence-electron chi connectivity index (χ2n) is 3.18. The number of nitrogens with one attached hydrogen (secondary N) is 1. The van der Waals surface area contributed by atoms with Crippen LogP contribution in [-0.4, -0.2) is 23.1 Å². The van der Waals surface area contributed by atoms with Gasteiger partial charge >= 0.3 is 0 Å². The first-order valence-corrected chi connectivity index (χ1v) is 5.50. The molecular weight excluding hydrogens is 190 g/mol. The van der Waals surface area contributed by atoms with Gasteiger partial charge < -0.3 is 10.1 Å². The zero-order valence-electron chi connectivity index (χ0n) is 9.66. The Morgan fingerprint density at radius 1 is 1.40 bits per heavy atom. The van der Waals surface area contributed by atoms with E-state index < -0.39 is 0 Å². The van der Waals surface area contributed by atoms with E-state index >= 15 is 0 Å². The third kappa shape index (κ3) is 3.47. The van der Waals surface area contributed by atoms with Gasteiger partial charge in [0.2, 0.25) is 0 Å². The highest BCUT2D eigenvalue weighted by Crippen LogP contribution is 2.17. The quantitative estimate of drug-likeness (QED) is 0.781. The van der Waals surface area contributed by atoms with Crippen LogP contribution in [0.3, 0.4) is 0 Å². The fourth-order valence-corrected chi connectivity index (χ4v) is 1.38. The lowest BCUT2D eigenvalue weighted by molar-refractivity contribution is 0.0536. The van der Waals surface area contributed by atoms with Crippen molar-refractivity contribution in [3.63, 3.8) is 0 Å². The van der Waals surface area contributed by atoms with Crippen molar-refractivity contribution in [1.29, 1.82) is 0 Å². The molecule has 0 aliphatic heterocycles. The Kier molecular flexibility index (Phi) is 5.04. The van der Waals surface area contributed by atoms with Crippen LogP contribution in [-0.2, 0) is 4.74 Å². The van der Waals surface area contributed by atoms with Crippen molar-refractivity contribution in [2.75, 3.05) is 18.5 Å². The Morgan fingerprint density at radius 3 is 2.80 bits per heavy atom. The van der Waals surface area contributed by atoms with Gasteiger partial charge in [0.1, 0.15) is 11.9 Å². The van der Waals surface area contributed by atoms with E-state index in [1.54, 1.807) is 6.20 Å². The molecule has 0 aromatic carbocycles. The maximum absolute atomic E-state index is 5.56. The van der Waals surface area contributed by atoms with Crippen molar-refractivity contribution in [1.82, 2.24) is 9.97 Å². The number of nitrogens with zero attached hydrogens (tertiary/aromatic N) is 2. The molecule has 1 aromatic rings. The molecule has 1 heterocycles. The SMILES string of the molecule is CCNc1ccnc(C(CC)OCC)n1. The molecule has 1 unspecified atom stereocenters. The van der Waals surface area contributed by atoms with Crippen LogP contribution in [0.15, 0.2) is 12.3 Å². The summed E-state index contributed by atoms with van der Waals surface area (Å²) in [4.78, 5) is 8.64. The van der Waals surface area contributed by atoms with Crippen molar-refractivity contribution < 1.29 is 4.74 Å². The fraction of sp³-hybridized carbons (Fsp3) is 0.636. The fourth-order valence-electron chi connectivity index (χ4n) is 1.38. The van der Waals surface area contributed by atoms with Crippen molar-refractivity contribution in [2.24, 2.45) is 0 Å². The molecule has 0 amide bonds. The van der Waals surface area contributed by atoms with Gasteiger partial charge in [-0.05, 0) is 26.3 Å². The van der Waals surface area contributed by atoms with Gasteiger partial charge in [-0.1, -0.05) is 6.92 Å². The molecule has 84 valence electrons. The van der Waals surface area contributed by atoms with Crippen LogP contribution < -0.4 is 5.32 Å². The van der Waals surface area contributed by atoms with Crippen molar-refractivity contribution >= 4 is 5.82 Å². The predicted molar refractivity (Wildman–Crippen MR) is 60.9 cm³/mol. The highest BCUT2D eigenvalue weighted by Gasteiger charge is 2.12. The third-order valence-electron chi connectivity index (χ3n) is 2.06. The van der Waals surface area contributed by atoms with Gasteiger partial charge in [0, 0.05) is 19.3 Å². The van der Waals surface area contributed by atoms with Crippen LogP contribution in [0.2, 0.25) is 0 Å². The van der Waals surface area contributed by atoms with Gasteiger partial charge in [-0.25, -0.2) is 9.97 Å². The first-order valence-electron chi connectivity index (χ1n) is 5.50. The number of anilines is 1. The molecular formula is C11H19N3O. The molecule has 0 aliphatic rings. The monoisotopic (exact) mass is 209 g/mol. The highest BCUT2D eigenvalue weighted by atomic mass is 16.5. The second-order valence-corrected chi connectivity index (χ2v) is 3.18. The number of rotatable bonds is 6. The summed E-state index contributed by atoms with van der Waals surface area (Å²) < 4.78 is 5.56. The molecule has 4 nitrogen and oxygen atoms in total. The molecule has 0 radical (unpaired) electrons. The average Bonchev–Trinajstić information content (AvgIpc) is 2.27. The normalized spacial score (nSPS) is 12.5. The van der Waals surface area contributed by atoms with Gasteiger partial charge in [-0.15, -0.1) is 0 Å². The molecule has 0 saturated carbocycles. The number of hydrogen-bond acceptors (Lipinski definition) is 4. The summed E-state index contributed by atoms with van der Waals surface area (Å²) in [6.07, 6.45) is 2.67. The van der Waals surface area contributed by atoms with Crippen LogP contribution in [0, 0.1) is 0 Å². The van der Waals surface area contributed by atoms with Crippen molar-refractivity contribution in [3.05, 3.63) is 18.1 Å². The average molecular weight is 209 g/mol. The van der Waals surface area contributed by atoms with Gasteiger partial charge in [-0.3, -0.25) is 0 Å². The zero-order valence-corrected chi connectivity index (χ0v) is 9.66. The Hall–Kier alpha value is -1.16. The maximum atomic E-state index is 5.56. The number of ether oxygens (including phenoxy) is 1. The van der Waals surface area contributed by atoms with Gasteiger partial charge in [0.05, 0.1) is 0 Å². The molecule has 0 spiro atoms. The molecule has 1 aromatic heterocycles. The minimum Gasteiger partial charge on any atom is -0.371 e. The van der Waals surface area contributed by atoms with Crippen LogP contribution in [0.5, 0.6) is 0 Å². The summed E-state index contributed by atoms with van der Waals surface area (Å²) in [6, 6.07) is 1.87. The van der Waals surface area contributed by atoms with E-state index in [9.17, 15) is 0 Å². The zero-order chi connectivity index (χ0) is 11.1. The van der Waals surface area contributed by atoms with Crippen LogP contribution >= 0.6 is 0 Å². The maximum Gasteiger partial charge on any atom is 0.159 e. The summed E-state index contributed by atoms with van der Waals surface area (Å²) in [7, 11) is 0. The van der Waals surface area contributed by atoms with E-state index in [0.29, 0.717) is 6.61 Å². The molecule has 0 bridgehead atoms. The topological polar surface area (TPSA) is 47.0 Å². The minimum absolute atomic E-state index is 0.00797. The van der Waals surface area contributed by atoms with E-state index in [-0.39, 0.29) is 6.10 Å². The molecule has 0 saturated heterocycles. The Labute approximate surface area is 91.1 Å². The molecule has 1 rings (SSSR count). The largest absolute Gasteiger partial charge is 0.371 e. The highest BCUT2D eigenvalue weighted by molar-refractivity contribution is 5.32. The lowest BCUT2D eigenvalue weighted by Gasteiger charge is -2.14. The molecule has 1 atom stereocenters. The first kappa shape index (κ1) is 11.9. The van der Waals surface area contributed by atoms with E-state index in [2.05, 4.69) is 22.2 Å². The van der Waals surface area contributed by atoms with E-state index in [0.717, 1.165) is 24.6 Å². The van der Waals surface area contributed by atoms with Gasteiger partial charge in [0.25, 0.3) is 0 Å². The molecule has 4 heteroatoms. The Bertz CT molecular complexity index is 291. The minimum atomic E-state index is 0.00797. The summed E-state index contributed by atoms with van der Waals surface area (Å²) in [5, 5.41) is 3.16. The second kappa shape index (κ2) is 6.35. The molecule has 0 aliphatic carbocycles. The lowest BCUT2D eigenvalue weighted by Crippen LogP contribution is -2.09. The van der Waals surface area contributed by atoms with E-state index in [1.165, 1.54) is 0 Å². The van der Waals surface area contributed by atoms with Crippen LogP contribution in [0.4, 0.5) is 5.82 Å². The van der Waals surface area contributed by atoms with Crippen molar-refractivity contribution in [2.45, 2.75) is 33.3 Å². The smallest absolute Gasteiger partial charge is 0.159 e. The molecule has 0 fully saturated rings. The Balaban J connectivity index is 2.77. The summed E-state index contributed by atoms with van der Waals surface area (Å²) in [5.74, 6) is 1.62. The molecule has 15 heavy (non-hydrogen) atoms. The summed E-state index contributed by atoms with van der Waals surface area (Å²) >= 11 is 0. The van der Waals surface area contributed by atoms with Crippen LogP contribution in [0.25, 0.3) is 0 Å². The molecule has 1 N–H and O–H groups in total. The summed E-state index contributed by atoms with van der Waals surface area (Å²) in [5.41, 5.74) is 0. The van der Waals surface area contributed by atoms with Crippen molar-refractivity contribution in [3.8, 4) is 0 Å². The van der Waals surface area contributed by atoms with Gasteiger partial charge in [-0.2, -0.15) is 0 Å². The summed E-state index contributed by atoms with van der Waals surface area (Å²) in [6.45, 7) is 7.65. The van der Waals surface area contributed by atoms with Crippen LogP contribution in [0.1, 0.15) is 39.1 Å². The number of aromatic nitrogens is 2. The predicted octanol–water partition coefficient (Wildman–Crippen LogP) is 2.40. The standard InChI is InChI=1S/C11H19N3O/c1-4-9(15-6-3)11-13-8-7-10(14-11)12-5-2/h7-9H,4-6H2,1-3H3,(H,12,13,14). The Morgan fingerprint density at radius 2 is 2.20 bits per heavy atom.